The third-order valence-corrected chi connectivity index (χ3v) is 18.2. The molecule has 0 saturated carbocycles. The maximum Gasteiger partial charge on any atom is 0.242 e. The Bertz CT molecular complexity index is 4840. The van der Waals surface area contributed by atoms with Gasteiger partial charge in [-0.25, -0.2) is 15.0 Å². The highest BCUT2D eigenvalue weighted by Gasteiger charge is 2.25. The van der Waals surface area contributed by atoms with Gasteiger partial charge in [0.05, 0.1) is 143 Å². The molecule has 8 heterocycles. The number of anilines is 6. The maximum absolute atomic E-state index is 13.2. The average Bonchev–Trinajstić information content (AvgIpc) is 1.05. The first-order chi connectivity index (χ1) is 51.3. The molecule has 0 unspecified atom stereocenters. The second-order valence-corrected chi connectivity index (χ2v) is 25.3. The Labute approximate surface area is 609 Å². The first-order valence-corrected chi connectivity index (χ1v) is 35.1. The molecule has 14 rings (SSSR count). The number of carbonyl (C=O) groups excluding carboxylic acids is 1. The predicted octanol–water partition coefficient (Wildman–Crippen LogP) is 10.9. The quantitative estimate of drug-likeness (QED) is 0.0411. The van der Waals surface area contributed by atoms with Gasteiger partial charge in [0.15, 0.2) is 0 Å². The lowest BCUT2D eigenvalue weighted by molar-refractivity contribution is -0.128. The zero-order chi connectivity index (χ0) is 73.2. The molecule has 2 fully saturated rings. The number of ether oxygens (including phenoxy) is 6. The second-order valence-electron chi connectivity index (χ2n) is 25.3. The molecule has 27 heteroatoms. The monoisotopic (exact) mass is 1420 g/mol. The van der Waals surface area contributed by atoms with Crippen molar-refractivity contribution in [2.75, 3.05) is 129 Å². The molecule has 0 radical (unpaired) electrons. The van der Waals surface area contributed by atoms with Crippen molar-refractivity contribution in [3.05, 3.63) is 165 Å². The van der Waals surface area contributed by atoms with Crippen molar-refractivity contribution in [3.8, 4) is 68.3 Å². The van der Waals surface area contributed by atoms with Crippen LogP contribution in [0.4, 0.5) is 34.1 Å². The summed E-state index contributed by atoms with van der Waals surface area (Å²) in [5.41, 5.74) is 15.0. The van der Waals surface area contributed by atoms with Gasteiger partial charge in [0, 0.05) is 171 Å². The highest BCUT2D eigenvalue weighted by atomic mass is 16.5. The van der Waals surface area contributed by atoms with Gasteiger partial charge in [-0.2, -0.15) is 15.3 Å². The number of aryl methyl sites for hydroxylation is 2. The Morgan fingerprint density at radius 1 is 0.419 bits per heavy atom. The maximum atomic E-state index is 13.2. The van der Waals surface area contributed by atoms with E-state index in [0.717, 1.165) is 158 Å². The minimum absolute atomic E-state index is 0.0382. The van der Waals surface area contributed by atoms with Gasteiger partial charge in [-0.15, -0.1) is 0 Å². The van der Waals surface area contributed by atoms with Crippen molar-refractivity contribution < 1.29 is 48.5 Å². The fourth-order valence-corrected chi connectivity index (χ4v) is 12.8. The number of rotatable bonds is 28. The van der Waals surface area contributed by atoms with Crippen molar-refractivity contribution in [3.63, 3.8) is 0 Å². The van der Waals surface area contributed by atoms with Crippen LogP contribution in [0.15, 0.2) is 165 Å². The van der Waals surface area contributed by atoms with E-state index in [9.17, 15) is 15.0 Å². The van der Waals surface area contributed by atoms with Crippen LogP contribution >= 0.6 is 0 Å². The number of benzene rings is 6. The molecule has 1 amide bonds. The van der Waals surface area contributed by atoms with Gasteiger partial charge in [0.2, 0.25) is 5.91 Å². The van der Waals surface area contributed by atoms with Crippen LogP contribution in [0.3, 0.4) is 0 Å². The number of carbonyl (C=O) groups is 1. The Hall–Kier alpha value is -11.5. The van der Waals surface area contributed by atoms with Gasteiger partial charge < -0.3 is 68.2 Å². The smallest absolute Gasteiger partial charge is 0.242 e. The zero-order valence-corrected chi connectivity index (χ0v) is 60.3. The molecule has 27 nitrogen and oxygen atoms in total. The molecule has 2 saturated heterocycles. The van der Waals surface area contributed by atoms with Crippen molar-refractivity contribution in [2.45, 2.75) is 45.1 Å². The number of aliphatic hydroxyl groups excluding tert-OH is 3. The van der Waals surface area contributed by atoms with Crippen LogP contribution < -0.4 is 43.1 Å². The molecule has 2 aliphatic rings. The van der Waals surface area contributed by atoms with Crippen LogP contribution in [0.5, 0.6) is 34.5 Å². The van der Waals surface area contributed by atoms with Gasteiger partial charge >= 0.3 is 0 Å². The van der Waals surface area contributed by atoms with E-state index >= 15 is 0 Å². The van der Waals surface area contributed by atoms with E-state index in [-0.39, 0.29) is 38.9 Å². The van der Waals surface area contributed by atoms with Crippen molar-refractivity contribution in [1.29, 1.82) is 0 Å². The van der Waals surface area contributed by atoms with E-state index in [1.807, 2.05) is 133 Å². The Balaban J connectivity index is 0.000000148. The number of aliphatic hydroxyl groups is 3. The van der Waals surface area contributed by atoms with E-state index in [1.165, 1.54) is 25.9 Å². The fraction of sp³-hybridized carbons (Fsp3) is 0.333. The predicted molar refractivity (Wildman–Crippen MR) is 405 cm³/mol. The topological polar surface area (TPSA) is 280 Å². The first-order valence-electron chi connectivity index (χ1n) is 35.1. The van der Waals surface area contributed by atoms with Gasteiger partial charge in [-0.3, -0.25) is 33.8 Å². The number of hydrogen-bond acceptors (Lipinski definition) is 23. The number of hydrogen-bond donors (Lipinski definition) is 3. The lowest BCUT2D eigenvalue weighted by Gasteiger charge is -2.27. The van der Waals surface area contributed by atoms with E-state index in [0.29, 0.717) is 42.5 Å². The molecule has 0 aliphatic carbocycles. The van der Waals surface area contributed by atoms with E-state index in [2.05, 4.69) is 57.1 Å². The van der Waals surface area contributed by atoms with E-state index < -0.39 is 0 Å². The summed E-state index contributed by atoms with van der Waals surface area (Å²) < 4.78 is 38.4. The van der Waals surface area contributed by atoms with Crippen LogP contribution in [0, 0.1) is 0 Å². The Morgan fingerprint density at radius 2 is 0.829 bits per heavy atom. The van der Waals surface area contributed by atoms with Gasteiger partial charge in [0.25, 0.3) is 0 Å². The molecule has 0 spiro atoms. The summed E-state index contributed by atoms with van der Waals surface area (Å²) in [7, 11) is 11.9. The molecule has 0 atom stereocenters. The highest BCUT2D eigenvalue weighted by Crippen LogP contribution is 2.39. The summed E-state index contributed by atoms with van der Waals surface area (Å²) >= 11 is 0. The molecule has 0 bridgehead atoms. The van der Waals surface area contributed by atoms with Crippen LogP contribution in [0.1, 0.15) is 38.5 Å². The van der Waals surface area contributed by atoms with Gasteiger partial charge in [-0.05, 0) is 113 Å². The lowest BCUT2D eigenvalue weighted by Crippen LogP contribution is -2.37. The van der Waals surface area contributed by atoms with Crippen molar-refractivity contribution >= 4 is 73.1 Å². The standard InChI is InChI=1S/C28H34N6O3.C26H28N6O3.C24H27N5O4/c1-36-24-14-23(15-25(17-24)37-2)34(11-5-10-32-8-3-4-9-32)22-6-7-26-27(16-22)31-28(19-29-26)21-18-30-33(20-21)12-13-35;1-30-16-18(14-28-30)25-15-27-23-7-6-19(12-24(23)29-25)32(17-26(33)31-8-4-5-9-31)20-10-21(34-2)13-22(11-20)35-3;1-28-16-17(14-26-28)24-15-25-22-5-4-18(12-23(22)27-24)29(6-3-7-30)19-10-20(32-2)13-21(11-19)33-9-8-31/h6-7,14-20,35H,3-5,8-13H2,1-2H3;6-7,10-16H,4-5,8-9,17H2,1-3H3;4-5,10-16,30-31H,3,6-9H2,1-2H3. The van der Waals surface area contributed by atoms with E-state index in [4.69, 9.17) is 48.5 Å². The molecule has 2 aliphatic heterocycles. The molecule has 12 aromatic rings. The summed E-state index contributed by atoms with van der Waals surface area (Å²) in [6.07, 6.45) is 22.5. The molecular weight excluding hydrogens is 1330 g/mol. The number of fused-ring (bicyclic) bond motifs is 3. The molecular formula is C78H89N17O10. The summed E-state index contributed by atoms with van der Waals surface area (Å²) in [6, 6.07) is 35.1. The van der Waals surface area contributed by atoms with Crippen LogP contribution in [0.2, 0.25) is 0 Å². The number of nitrogens with zero attached hydrogens (tertiary/aromatic N) is 17. The fourth-order valence-electron chi connectivity index (χ4n) is 12.8. The minimum Gasteiger partial charge on any atom is -0.497 e. The third kappa shape index (κ3) is 18.5. The lowest BCUT2D eigenvalue weighted by atomic mass is 10.1. The largest absolute Gasteiger partial charge is 0.497 e. The number of aromatic nitrogens is 12. The number of amides is 1. The van der Waals surface area contributed by atoms with Gasteiger partial charge in [0.1, 0.15) is 47.6 Å². The summed E-state index contributed by atoms with van der Waals surface area (Å²) in [4.78, 5) is 52.3. The van der Waals surface area contributed by atoms with Gasteiger partial charge in [-0.1, -0.05) is 0 Å². The third-order valence-electron chi connectivity index (χ3n) is 18.2. The van der Waals surface area contributed by atoms with Crippen LogP contribution in [0.25, 0.3) is 66.9 Å². The molecule has 546 valence electrons. The average molecular weight is 1420 g/mol. The van der Waals surface area contributed by atoms with E-state index in [1.54, 1.807) is 92.8 Å². The molecule has 6 aromatic carbocycles. The van der Waals surface area contributed by atoms with Crippen molar-refractivity contribution in [2.24, 2.45) is 14.1 Å². The summed E-state index contributed by atoms with van der Waals surface area (Å²) in [5, 5.41) is 40.5. The zero-order valence-electron chi connectivity index (χ0n) is 60.3. The normalized spacial score (nSPS) is 12.8. The molecule has 6 aromatic heterocycles. The SMILES string of the molecule is COc1cc(OC)cc(N(CC(=O)N2CCCC2)c2ccc3ncc(-c4cnn(C)c4)nc3c2)c1.COc1cc(OC)cc(N(CCCN2CCCC2)c2ccc3ncc(-c4cnn(CCO)c4)nc3c2)c1.COc1cc(OCCO)cc(N(CCCO)c2ccc3ncc(-c4cnn(C)c4)nc3c2)c1. The van der Waals surface area contributed by atoms with Crippen molar-refractivity contribution in [1.82, 2.24) is 69.0 Å². The Morgan fingerprint density at radius 3 is 1.26 bits per heavy atom. The second kappa shape index (κ2) is 35.1. The number of likely N-dealkylation sites (tertiary alicyclic amines) is 2. The Kier molecular flexibility index (Phi) is 24.5. The van der Waals surface area contributed by atoms with Crippen LogP contribution in [-0.4, -0.2) is 205 Å². The first kappa shape index (κ1) is 73.2. The summed E-state index contributed by atoms with van der Waals surface area (Å²) in [6.45, 7) is 7.32. The number of methoxy groups -OCH3 is 5. The molecule has 3 N–H and O–H groups in total. The summed E-state index contributed by atoms with van der Waals surface area (Å²) in [5.74, 6) is 4.11. The minimum atomic E-state index is -0.0800. The molecule has 105 heavy (non-hydrogen) atoms. The van der Waals surface area contributed by atoms with Crippen LogP contribution in [-0.2, 0) is 25.4 Å². The highest BCUT2D eigenvalue weighted by molar-refractivity contribution is 5.89.